The molecule has 1 fully saturated rings. The zero-order chi connectivity index (χ0) is 17.2. The molecule has 1 aliphatic heterocycles. The van der Waals surface area contributed by atoms with Crippen LogP contribution in [0.1, 0.15) is 0 Å². The van der Waals surface area contributed by atoms with Gasteiger partial charge >= 0.3 is 0 Å². The Bertz CT molecular complexity index is 890. The van der Waals surface area contributed by atoms with Crippen LogP contribution in [0.5, 0.6) is 5.75 Å². The van der Waals surface area contributed by atoms with Gasteiger partial charge in [0.1, 0.15) is 5.75 Å². The Morgan fingerprint density at radius 3 is 2.76 bits per heavy atom. The summed E-state index contributed by atoms with van der Waals surface area (Å²) >= 11 is 7.83. The topological polar surface area (TPSA) is 40.3 Å². The van der Waals surface area contributed by atoms with E-state index in [9.17, 15) is 0 Å². The lowest BCUT2D eigenvalue weighted by atomic mass is 10.2. The summed E-state index contributed by atoms with van der Waals surface area (Å²) in [4.78, 5) is 8.08. The second-order valence-corrected chi connectivity index (χ2v) is 7.57. The van der Waals surface area contributed by atoms with Gasteiger partial charge in [-0.05, 0) is 30.3 Å². The summed E-state index contributed by atoms with van der Waals surface area (Å²) in [6, 6.07) is 12.4. The van der Waals surface area contributed by atoms with Crippen LogP contribution in [0, 0.1) is 0 Å². The predicted molar refractivity (Wildman–Crippen MR) is 106 cm³/mol. The Morgan fingerprint density at radius 1 is 1.12 bits per heavy atom. The molecule has 6 heteroatoms. The third-order valence-corrected chi connectivity index (χ3v) is 5.72. The maximum atomic E-state index is 6.08. The van der Waals surface area contributed by atoms with Crippen LogP contribution >= 0.6 is 23.4 Å². The number of benzene rings is 2. The van der Waals surface area contributed by atoms with Gasteiger partial charge in [0.05, 0.1) is 12.8 Å². The van der Waals surface area contributed by atoms with Gasteiger partial charge < -0.3 is 19.9 Å². The standard InChI is InChI=1S/C19H20ClN3OS/c1-24-18-5-3-14(11-17(18)23-8-6-21-7-9-23)25-19-12-22-16-10-13(20)2-4-15(16)19/h2-5,10-12,21-22H,6-9H2,1H3. The number of hydrogen-bond acceptors (Lipinski definition) is 4. The van der Waals surface area contributed by atoms with Crippen molar-refractivity contribution >= 4 is 40.0 Å². The van der Waals surface area contributed by atoms with Gasteiger partial charge in [0.2, 0.25) is 0 Å². The van der Waals surface area contributed by atoms with Gasteiger partial charge in [0.15, 0.2) is 0 Å². The summed E-state index contributed by atoms with van der Waals surface area (Å²) in [6.07, 6.45) is 2.04. The van der Waals surface area contributed by atoms with E-state index in [1.165, 1.54) is 15.2 Å². The van der Waals surface area contributed by atoms with E-state index in [-0.39, 0.29) is 0 Å². The summed E-state index contributed by atoms with van der Waals surface area (Å²) in [6.45, 7) is 4.00. The lowest BCUT2D eigenvalue weighted by molar-refractivity contribution is 0.412. The molecule has 0 radical (unpaired) electrons. The van der Waals surface area contributed by atoms with E-state index in [2.05, 4.69) is 39.5 Å². The summed E-state index contributed by atoms with van der Waals surface area (Å²) in [5, 5.41) is 5.33. The second-order valence-electron chi connectivity index (χ2n) is 6.02. The number of nitrogens with zero attached hydrogens (tertiary/aromatic N) is 1. The average Bonchev–Trinajstić information content (AvgIpc) is 3.04. The maximum absolute atomic E-state index is 6.08. The molecule has 1 aromatic heterocycles. The number of halogens is 1. The van der Waals surface area contributed by atoms with E-state index in [1.54, 1.807) is 18.9 Å². The highest BCUT2D eigenvalue weighted by Crippen LogP contribution is 2.38. The molecule has 4 rings (SSSR count). The first-order chi connectivity index (χ1) is 12.2. The Labute approximate surface area is 156 Å². The van der Waals surface area contributed by atoms with Crippen LogP contribution in [0.2, 0.25) is 5.02 Å². The van der Waals surface area contributed by atoms with Crippen LogP contribution in [0.15, 0.2) is 52.4 Å². The highest BCUT2D eigenvalue weighted by molar-refractivity contribution is 7.99. The number of anilines is 1. The van der Waals surface area contributed by atoms with E-state index >= 15 is 0 Å². The molecule has 1 saturated heterocycles. The first-order valence-electron chi connectivity index (χ1n) is 8.33. The molecule has 1 aliphatic rings. The second kappa shape index (κ2) is 7.20. The van der Waals surface area contributed by atoms with Crippen molar-refractivity contribution in [2.24, 2.45) is 0 Å². The van der Waals surface area contributed by atoms with Gasteiger partial charge in [0, 0.05) is 58.1 Å². The molecule has 0 bridgehead atoms. The number of nitrogens with one attached hydrogen (secondary N) is 2. The molecule has 0 unspecified atom stereocenters. The molecule has 130 valence electrons. The van der Waals surface area contributed by atoms with Crippen molar-refractivity contribution in [1.29, 1.82) is 0 Å². The van der Waals surface area contributed by atoms with Crippen LogP contribution in [0.25, 0.3) is 10.9 Å². The Hall–Kier alpha value is -1.82. The lowest BCUT2D eigenvalue weighted by Gasteiger charge is -2.30. The number of aromatic amines is 1. The van der Waals surface area contributed by atoms with Crippen LogP contribution in [0.4, 0.5) is 5.69 Å². The maximum Gasteiger partial charge on any atom is 0.142 e. The fourth-order valence-corrected chi connectivity index (χ4v) is 4.31. The largest absolute Gasteiger partial charge is 0.495 e. The van der Waals surface area contributed by atoms with E-state index in [0.717, 1.165) is 48.2 Å². The SMILES string of the molecule is COc1ccc(Sc2c[nH]c3cc(Cl)ccc23)cc1N1CCNCC1. The molecule has 0 saturated carbocycles. The minimum absolute atomic E-state index is 0.747. The summed E-state index contributed by atoms with van der Waals surface area (Å²) in [5.41, 5.74) is 2.22. The number of rotatable bonds is 4. The van der Waals surface area contributed by atoms with Gasteiger partial charge in [-0.15, -0.1) is 0 Å². The fraction of sp³-hybridized carbons (Fsp3) is 0.263. The number of methoxy groups -OCH3 is 1. The number of piperazine rings is 1. The minimum atomic E-state index is 0.747. The predicted octanol–water partition coefficient (Wildman–Crippen LogP) is 4.39. The van der Waals surface area contributed by atoms with E-state index in [4.69, 9.17) is 16.3 Å². The average molecular weight is 374 g/mol. The Balaban J connectivity index is 1.65. The van der Waals surface area contributed by atoms with Crippen molar-refractivity contribution in [3.8, 4) is 5.75 Å². The molecule has 2 heterocycles. The highest BCUT2D eigenvalue weighted by Gasteiger charge is 2.16. The fourth-order valence-electron chi connectivity index (χ4n) is 3.17. The normalized spacial score (nSPS) is 14.9. The van der Waals surface area contributed by atoms with E-state index in [1.807, 2.05) is 18.3 Å². The van der Waals surface area contributed by atoms with Crippen LogP contribution in [-0.2, 0) is 0 Å². The first kappa shape index (κ1) is 16.6. The van der Waals surface area contributed by atoms with Crippen molar-refractivity contribution in [2.75, 3.05) is 38.2 Å². The smallest absolute Gasteiger partial charge is 0.142 e. The van der Waals surface area contributed by atoms with Crippen molar-refractivity contribution in [3.05, 3.63) is 47.6 Å². The van der Waals surface area contributed by atoms with E-state index in [0.29, 0.717) is 0 Å². The molecule has 2 aromatic carbocycles. The van der Waals surface area contributed by atoms with Crippen molar-refractivity contribution < 1.29 is 4.74 Å². The van der Waals surface area contributed by atoms with Gasteiger partial charge in [-0.2, -0.15) is 0 Å². The Morgan fingerprint density at radius 2 is 1.96 bits per heavy atom. The van der Waals surface area contributed by atoms with Gasteiger partial charge in [0.25, 0.3) is 0 Å². The molecule has 25 heavy (non-hydrogen) atoms. The summed E-state index contributed by atoms with van der Waals surface area (Å²) < 4.78 is 5.58. The molecule has 3 aromatic rings. The molecular weight excluding hydrogens is 354 g/mol. The number of H-pyrrole nitrogens is 1. The summed E-state index contributed by atoms with van der Waals surface area (Å²) in [7, 11) is 1.73. The van der Waals surface area contributed by atoms with Gasteiger partial charge in [-0.1, -0.05) is 29.4 Å². The highest BCUT2D eigenvalue weighted by atomic mass is 35.5. The monoisotopic (exact) mass is 373 g/mol. The molecule has 0 spiro atoms. The molecular formula is C19H20ClN3OS. The van der Waals surface area contributed by atoms with Gasteiger partial charge in [-0.25, -0.2) is 0 Å². The molecule has 2 N–H and O–H groups in total. The summed E-state index contributed by atoms with van der Waals surface area (Å²) in [5.74, 6) is 0.928. The molecule has 0 amide bonds. The van der Waals surface area contributed by atoms with Crippen LogP contribution < -0.4 is 15.0 Å². The van der Waals surface area contributed by atoms with Crippen molar-refractivity contribution in [3.63, 3.8) is 0 Å². The third-order valence-electron chi connectivity index (χ3n) is 4.44. The number of ether oxygens (including phenoxy) is 1. The molecule has 4 nitrogen and oxygen atoms in total. The molecule has 0 atom stereocenters. The first-order valence-corrected chi connectivity index (χ1v) is 9.52. The quantitative estimate of drug-likeness (QED) is 0.711. The number of fused-ring (bicyclic) bond motifs is 1. The number of hydrogen-bond donors (Lipinski definition) is 2. The van der Waals surface area contributed by atoms with Crippen molar-refractivity contribution in [2.45, 2.75) is 9.79 Å². The lowest BCUT2D eigenvalue weighted by Crippen LogP contribution is -2.43. The minimum Gasteiger partial charge on any atom is -0.495 e. The van der Waals surface area contributed by atoms with Gasteiger partial charge in [-0.3, -0.25) is 0 Å². The van der Waals surface area contributed by atoms with Crippen LogP contribution in [0.3, 0.4) is 0 Å². The Kier molecular flexibility index (Phi) is 4.79. The van der Waals surface area contributed by atoms with Crippen LogP contribution in [-0.4, -0.2) is 38.3 Å². The third kappa shape index (κ3) is 3.45. The number of aromatic nitrogens is 1. The molecule has 0 aliphatic carbocycles. The van der Waals surface area contributed by atoms with Crippen molar-refractivity contribution in [1.82, 2.24) is 10.3 Å². The zero-order valence-electron chi connectivity index (χ0n) is 14.0. The zero-order valence-corrected chi connectivity index (χ0v) is 15.6. The van der Waals surface area contributed by atoms with E-state index < -0.39 is 0 Å².